The van der Waals surface area contributed by atoms with E-state index >= 15 is 0 Å². The molecule has 186 valence electrons. The molecule has 0 bridgehead atoms. The van der Waals surface area contributed by atoms with Crippen LogP contribution in [0.3, 0.4) is 0 Å². The van der Waals surface area contributed by atoms with E-state index in [-0.39, 0.29) is 0 Å². The Morgan fingerprint density at radius 3 is 1.67 bits per heavy atom. The largest absolute Gasteiger partial charge is 0.425 e. The smallest absolute Gasteiger partial charge is 0.219 e. The van der Waals surface area contributed by atoms with Crippen LogP contribution in [0.15, 0.2) is 4.42 Å². The third kappa shape index (κ3) is 5.85. The lowest BCUT2D eigenvalue weighted by molar-refractivity contribution is 0.0118. The van der Waals surface area contributed by atoms with Crippen molar-refractivity contribution in [2.24, 2.45) is 5.92 Å². The first kappa shape index (κ1) is 23.8. The highest BCUT2D eigenvalue weighted by Crippen LogP contribution is 2.41. The van der Waals surface area contributed by atoms with Crippen LogP contribution in [-0.2, 0) is 0 Å². The summed E-state index contributed by atoms with van der Waals surface area (Å²) in [5.41, 5.74) is 0. The van der Waals surface area contributed by atoms with Gasteiger partial charge < -0.3 is 4.42 Å². The number of aromatic nitrogens is 2. The molecule has 4 aliphatic carbocycles. The van der Waals surface area contributed by atoms with Gasteiger partial charge in [0.1, 0.15) is 0 Å². The third-order valence-corrected chi connectivity index (χ3v) is 9.81. The Morgan fingerprint density at radius 2 is 1.09 bits per heavy atom. The number of hydrogen-bond acceptors (Lipinski definition) is 4. The molecule has 4 nitrogen and oxygen atoms in total. The van der Waals surface area contributed by atoms with Gasteiger partial charge in [-0.2, -0.15) is 0 Å². The molecule has 0 N–H and O–H groups in total. The SMILES string of the molecule is CCCC1CCC(N(C2CCCCC2)C2CCC(c3nnc(C4CCCCC4)o3)CC2)CC1. The first-order valence-electron chi connectivity index (χ1n) is 14.9. The van der Waals surface area contributed by atoms with Crippen molar-refractivity contribution in [3.8, 4) is 0 Å². The minimum atomic E-state index is 0.500. The van der Waals surface area contributed by atoms with E-state index in [2.05, 4.69) is 22.0 Å². The molecule has 5 rings (SSSR count). The van der Waals surface area contributed by atoms with Gasteiger partial charge in [-0.05, 0) is 83.0 Å². The second-order valence-corrected chi connectivity index (χ2v) is 12.0. The quantitative estimate of drug-likeness (QED) is 0.416. The zero-order valence-corrected chi connectivity index (χ0v) is 21.4. The van der Waals surface area contributed by atoms with Gasteiger partial charge in [0.25, 0.3) is 0 Å². The van der Waals surface area contributed by atoms with Crippen LogP contribution < -0.4 is 0 Å². The maximum absolute atomic E-state index is 6.29. The standard InChI is InChI=1S/C29H49N3O/c1-2-9-22-14-18-26(19-15-22)32(25-12-7-4-8-13-25)27-20-16-24(17-21-27)29-31-30-28(33-29)23-10-5-3-6-11-23/h22-27H,2-21H2,1H3. The highest BCUT2D eigenvalue weighted by Gasteiger charge is 2.38. The van der Waals surface area contributed by atoms with E-state index in [9.17, 15) is 0 Å². The predicted octanol–water partition coefficient (Wildman–Crippen LogP) is 8.14. The van der Waals surface area contributed by atoms with Crippen LogP contribution in [0.4, 0.5) is 0 Å². The van der Waals surface area contributed by atoms with Gasteiger partial charge in [0.15, 0.2) is 0 Å². The molecule has 0 radical (unpaired) electrons. The normalized spacial score (nSPS) is 32.9. The molecular weight excluding hydrogens is 406 g/mol. The van der Waals surface area contributed by atoms with Crippen molar-refractivity contribution in [2.75, 3.05) is 0 Å². The first-order chi connectivity index (χ1) is 16.3. The van der Waals surface area contributed by atoms with Crippen LogP contribution in [0.25, 0.3) is 0 Å². The van der Waals surface area contributed by atoms with Gasteiger partial charge in [-0.1, -0.05) is 58.3 Å². The molecule has 1 heterocycles. The zero-order valence-electron chi connectivity index (χ0n) is 21.4. The van der Waals surface area contributed by atoms with Gasteiger partial charge in [0, 0.05) is 30.0 Å². The molecular formula is C29H49N3O. The fourth-order valence-electron chi connectivity index (χ4n) is 7.96. The van der Waals surface area contributed by atoms with Crippen LogP contribution in [0.1, 0.15) is 159 Å². The summed E-state index contributed by atoms with van der Waals surface area (Å²) in [6.07, 6.45) is 27.6. The van der Waals surface area contributed by atoms with Crippen LogP contribution in [-0.4, -0.2) is 33.2 Å². The lowest BCUT2D eigenvalue weighted by Gasteiger charge is -2.48. The van der Waals surface area contributed by atoms with Crippen molar-refractivity contribution in [1.82, 2.24) is 15.1 Å². The molecule has 0 atom stereocenters. The molecule has 0 amide bonds. The molecule has 1 aromatic heterocycles. The fourth-order valence-corrected chi connectivity index (χ4v) is 7.96. The first-order valence-corrected chi connectivity index (χ1v) is 14.9. The van der Waals surface area contributed by atoms with Gasteiger partial charge in [0.05, 0.1) is 0 Å². The van der Waals surface area contributed by atoms with E-state index in [4.69, 9.17) is 4.42 Å². The Labute approximate surface area is 202 Å². The Balaban J connectivity index is 1.20. The maximum Gasteiger partial charge on any atom is 0.219 e. The summed E-state index contributed by atoms with van der Waals surface area (Å²) in [5, 5.41) is 9.07. The van der Waals surface area contributed by atoms with Gasteiger partial charge in [-0.15, -0.1) is 10.2 Å². The molecule has 4 saturated carbocycles. The summed E-state index contributed by atoms with van der Waals surface area (Å²) in [4.78, 5) is 3.10. The minimum Gasteiger partial charge on any atom is -0.425 e. The maximum atomic E-state index is 6.29. The molecule has 4 aliphatic rings. The number of nitrogens with zero attached hydrogens (tertiary/aromatic N) is 3. The van der Waals surface area contributed by atoms with Crippen molar-refractivity contribution < 1.29 is 4.42 Å². The summed E-state index contributed by atoms with van der Waals surface area (Å²) >= 11 is 0. The molecule has 0 aliphatic heterocycles. The highest BCUT2D eigenvalue weighted by molar-refractivity contribution is 5.00. The number of hydrogen-bond donors (Lipinski definition) is 0. The Kier molecular flexibility index (Phi) is 8.44. The lowest BCUT2D eigenvalue weighted by atomic mass is 9.78. The topological polar surface area (TPSA) is 42.2 Å². The van der Waals surface area contributed by atoms with Crippen molar-refractivity contribution in [1.29, 1.82) is 0 Å². The molecule has 1 aromatic rings. The Hall–Kier alpha value is -0.900. The fraction of sp³-hybridized carbons (Fsp3) is 0.931. The molecule has 0 unspecified atom stereocenters. The van der Waals surface area contributed by atoms with E-state index < -0.39 is 0 Å². The van der Waals surface area contributed by atoms with Gasteiger partial charge in [-0.3, -0.25) is 4.90 Å². The molecule has 4 heteroatoms. The summed E-state index contributed by atoms with van der Waals surface area (Å²) in [6.45, 7) is 2.36. The van der Waals surface area contributed by atoms with Crippen LogP contribution in [0.2, 0.25) is 0 Å². The highest BCUT2D eigenvalue weighted by atomic mass is 16.4. The second-order valence-electron chi connectivity index (χ2n) is 12.0. The van der Waals surface area contributed by atoms with Gasteiger partial charge in [0.2, 0.25) is 11.8 Å². The average molecular weight is 456 g/mol. The third-order valence-electron chi connectivity index (χ3n) is 9.81. The van der Waals surface area contributed by atoms with Crippen molar-refractivity contribution in [3.05, 3.63) is 11.8 Å². The second kappa shape index (κ2) is 11.7. The summed E-state index contributed by atoms with van der Waals surface area (Å²) in [7, 11) is 0. The van der Waals surface area contributed by atoms with E-state index in [1.54, 1.807) is 0 Å². The Morgan fingerprint density at radius 1 is 0.606 bits per heavy atom. The molecule has 0 saturated heterocycles. The van der Waals surface area contributed by atoms with Crippen LogP contribution in [0, 0.1) is 5.92 Å². The Bertz CT molecular complexity index is 689. The predicted molar refractivity (Wildman–Crippen MR) is 134 cm³/mol. The number of rotatable bonds is 7. The average Bonchev–Trinajstić information content (AvgIpc) is 3.38. The summed E-state index contributed by atoms with van der Waals surface area (Å²) in [5.74, 6) is 3.93. The van der Waals surface area contributed by atoms with E-state index in [1.165, 1.54) is 128 Å². The van der Waals surface area contributed by atoms with E-state index in [0.717, 1.165) is 35.8 Å². The van der Waals surface area contributed by atoms with Gasteiger partial charge in [-0.25, -0.2) is 0 Å². The van der Waals surface area contributed by atoms with Crippen LogP contribution >= 0.6 is 0 Å². The molecule has 4 fully saturated rings. The molecule has 0 aromatic carbocycles. The van der Waals surface area contributed by atoms with Crippen molar-refractivity contribution in [3.63, 3.8) is 0 Å². The van der Waals surface area contributed by atoms with E-state index in [1.807, 2.05) is 0 Å². The van der Waals surface area contributed by atoms with Crippen LogP contribution in [0.5, 0.6) is 0 Å². The zero-order chi connectivity index (χ0) is 22.5. The summed E-state index contributed by atoms with van der Waals surface area (Å²) in [6, 6.07) is 2.50. The molecule has 0 spiro atoms. The van der Waals surface area contributed by atoms with Crippen molar-refractivity contribution >= 4 is 0 Å². The molecule has 33 heavy (non-hydrogen) atoms. The lowest BCUT2D eigenvalue weighted by Crippen LogP contribution is -2.52. The van der Waals surface area contributed by atoms with Gasteiger partial charge >= 0.3 is 0 Å². The minimum absolute atomic E-state index is 0.500. The van der Waals surface area contributed by atoms with E-state index in [0.29, 0.717) is 11.8 Å². The van der Waals surface area contributed by atoms with Crippen molar-refractivity contribution in [2.45, 2.75) is 165 Å². The monoisotopic (exact) mass is 455 g/mol. The summed E-state index contributed by atoms with van der Waals surface area (Å²) < 4.78 is 6.29.